The van der Waals surface area contributed by atoms with E-state index in [2.05, 4.69) is 46.7 Å². The van der Waals surface area contributed by atoms with Crippen LogP contribution in [0, 0.1) is 0 Å². The van der Waals surface area contributed by atoms with Crippen molar-refractivity contribution in [2.75, 3.05) is 39.3 Å². The van der Waals surface area contributed by atoms with Crippen molar-refractivity contribution in [2.24, 2.45) is 0 Å². The van der Waals surface area contributed by atoms with Gasteiger partial charge in [-0.25, -0.2) is 0 Å². The van der Waals surface area contributed by atoms with Crippen LogP contribution < -0.4 is 5.32 Å². The van der Waals surface area contributed by atoms with Crippen molar-refractivity contribution >= 4 is 0 Å². The summed E-state index contributed by atoms with van der Waals surface area (Å²) in [6.07, 6.45) is 16.4. The zero-order valence-corrected chi connectivity index (χ0v) is 12.2. The van der Waals surface area contributed by atoms with Crippen molar-refractivity contribution in [3.8, 4) is 0 Å². The lowest BCUT2D eigenvalue weighted by atomic mass is 10.2. The molecule has 0 atom stereocenters. The second-order valence-electron chi connectivity index (χ2n) is 5.41. The zero-order valence-electron chi connectivity index (χ0n) is 12.2. The number of aliphatic hydroxyl groups is 1. The third-order valence-corrected chi connectivity index (χ3v) is 3.65. The Labute approximate surface area is 122 Å². The highest BCUT2D eigenvalue weighted by Gasteiger charge is 2.10. The van der Waals surface area contributed by atoms with Gasteiger partial charge in [0, 0.05) is 32.8 Å². The van der Waals surface area contributed by atoms with Gasteiger partial charge in [-0.05, 0) is 31.4 Å². The average molecular weight is 274 g/mol. The fourth-order valence-electron chi connectivity index (χ4n) is 2.56. The lowest BCUT2D eigenvalue weighted by Gasteiger charge is -2.23. The van der Waals surface area contributed by atoms with E-state index in [9.17, 15) is 0 Å². The van der Waals surface area contributed by atoms with E-state index < -0.39 is 0 Å². The predicted molar refractivity (Wildman–Crippen MR) is 84.7 cm³/mol. The summed E-state index contributed by atoms with van der Waals surface area (Å²) in [5.41, 5.74) is 2.94. The van der Waals surface area contributed by atoms with Gasteiger partial charge >= 0.3 is 0 Å². The van der Waals surface area contributed by atoms with Gasteiger partial charge in [0.25, 0.3) is 0 Å². The molecule has 3 heteroatoms. The summed E-state index contributed by atoms with van der Waals surface area (Å²) >= 11 is 0. The lowest BCUT2D eigenvalue weighted by molar-refractivity contribution is 0.281. The minimum Gasteiger partial charge on any atom is -0.396 e. The van der Waals surface area contributed by atoms with Crippen molar-refractivity contribution in [3.63, 3.8) is 0 Å². The highest BCUT2D eigenvalue weighted by molar-refractivity contribution is 5.28. The summed E-state index contributed by atoms with van der Waals surface area (Å²) in [6.45, 7) is 5.30. The first kappa shape index (κ1) is 15.2. The molecule has 0 bridgehead atoms. The van der Waals surface area contributed by atoms with Gasteiger partial charge in [0.15, 0.2) is 0 Å². The smallest absolute Gasteiger partial charge is 0.0443 e. The van der Waals surface area contributed by atoms with Crippen molar-refractivity contribution in [1.29, 1.82) is 0 Å². The molecule has 0 radical (unpaired) electrons. The number of rotatable bonds is 10. The van der Waals surface area contributed by atoms with Crippen LogP contribution >= 0.6 is 0 Å². The molecule has 3 nitrogen and oxygen atoms in total. The zero-order chi connectivity index (χ0) is 14.0. The quantitative estimate of drug-likeness (QED) is 0.598. The summed E-state index contributed by atoms with van der Waals surface area (Å²) in [6, 6.07) is 0. The third-order valence-electron chi connectivity index (χ3n) is 3.65. The molecule has 0 aromatic carbocycles. The van der Waals surface area contributed by atoms with E-state index in [1.54, 1.807) is 0 Å². The first-order valence-electron chi connectivity index (χ1n) is 7.62. The van der Waals surface area contributed by atoms with Crippen LogP contribution in [-0.4, -0.2) is 49.3 Å². The van der Waals surface area contributed by atoms with Gasteiger partial charge < -0.3 is 10.4 Å². The Morgan fingerprint density at radius 1 is 1.20 bits per heavy atom. The van der Waals surface area contributed by atoms with E-state index in [0.29, 0.717) is 0 Å². The molecule has 0 saturated heterocycles. The van der Waals surface area contributed by atoms with Crippen LogP contribution in [0.5, 0.6) is 0 Å². The highest BCUT2D eigenvalue weighted by Crippen LogP contribution is 2.15. The molecule has 2 N–H and O–H groups in total. The summed E-state index contributed by atoms with van der Waals surface area (Å²) in [5.74, 6) is 0. The molecular formula is C17H26N2O. The predicted octanol–water partition coefficient (Wildman–Crippen LogP) is 2.03. The number of hydrogen-bond acceptors (Lipinski definition) is 3. The van der Waals surface area contributed by atoms with Crippen molar-refractivity contribution in [2.45, 2.75) is 19.3 Å². The summed E-state index contributed by atoms with van der Waals surface area (Å²) in [5, 5.41) is 12.2. The standard InChI is InChI=1S/C17H26N2O/c20-13-5-10-18-11-12-19(14-16-6-1-2-7-16)15-17-8-3-4-9-17/h1-3,6,8-9,18,20H,4-5,7,10-15H2. The molecule has 20 heavy (non-hydrogen) atoms. The normalized spacial score (nSPS) is 17.1. The molecule has 0 aliphatic heterocycles. The monoisotopic (exact) mass is 274 g/mol. The van der Waals surface area contributed by atoms with Crippen molar-refractivity contribution in [1.82, 2.24) is 10.2 Å². The minimum absolute atomic E-state index is 0.271. The molecule has 0 aromatic rings. The fourth-order valence-corrected chi connectivity index (χ4v) is 2.56. The molecule has 0 aromatic heterocycles. The maximum Gasteiger partial charge on any atom is 0.0443 e. The van der Waals surface area contributed by atoms with Gasteiger partial charge in [0.05, 0.1) is 0 Å². The van der Waals surface area contributed by atoms with Gasteiger partial charge in [-0.2, -0.15) is 0 Å². The molecule has 2 aliphatic rings. The Hall–Kier alpha value is -1.16. The maximum atomic E-state index is 8.77. The van der Waals surface area contributed by atoms with Crippen LogP contribution in [0.4, 0.5) is 0 Å². The molecular weight excluding hydrogens is 248 g/mol. The van der Waals surface area contributed by atoms with Crippen LogP contribution in [0.15, 0.2) is 47.6 Å². The molecule has 2 aliphatic carbocycles. The van der Waals surface area contributed by atoms with Crippen molar-refractivity contribution in [3.05, 3.63) is 47.6 Å². The number of hydrogen-bond donors (Lipinski definition) is 2. The van der Waals surface area contributed by atoms with Crippen LogP contribution in [-0.2, 0) is 0 Å². The van der Waals surface area contributed by atoms with Crippen molar-refractivity contribution < 1.29 is 5.11 Å². The summed E-state index contributed by atoms with van der Waals surface area (Å²) in [7, 11) is 0. The largest absolute Gasteiger partial charge is 0.396 e. The molecule has 2 rings (SSSR count). The summed E-state index contributed by atoms with van der Waals surface area (Å²) < 4.78 is 0. The molecule has 0 amide bonds. The van der Waals surface area contributed by atoms with Crippen LogP contribution in [0.1, 0.15) is 19.3 Å². The number of nitrogens with zero attached hydrogens (tertiary/aromatic N) is 1. The Balaban J connectivity index is 1.75. The first-order valence-corrected chi connectivity index (χ1v) is 7.62. The molecule has 0 spiro atoms. The number of nitrogens with one attached hydrogen (secondary N) is 1. The SMILES string of the molecule is OCCCNCCN(CC1=CCC=C1)CC1=CC=CC1. The summed E-state index contributed by atoms with van der Waals surface area (Å²) in [4.78, 5) is 2.51. The van der Waals surface area contributed by atoms with E-state index in [-0.39, 0.29) is 6.61 Å². The topological polar surface area (TPSA) is 35.5 Å². The Kier molecular flexibility index (Phi) is 6.78. The van der Waals surface area contributed by atoms with E-state index in [4.69, 9.17) is 5.11 Å². The Bertz CT molecular complexity index is 407. The molecule has 0 heterocycles. The second-order valence-corrected chi connectivity index (χ2v) is 5.41. The number of aliphatic hydroxyl groups excluding tert-OH is 1. The van der Waals surface area contributed by atoms with E-state index in [1.807, 2.05) is 0 Å². The van der Waals surface area contributed by atoms with E-state index in [0.717, 1.165) is 52.0 Å². The average Bonchev–Trinajstić information content (AvgIpc) is 3.12. The Morgan fingerprint density at radius 2 is 2.15 bits per heavy atom. The minimum atomic E-state index is 0.271. The van der Waals surface area contributed by atoms with E-state index in [1.165, 1.54) is 11.1 Å². The van der Waals surface area contributed by atoms with Gasteiger partial charge in [-0.3, -0.25) is 4.90 Å². The highest BCUT2D eigenvalue weighted by atomic mass is 16.3. The Morgan fingerprint density at radius 3 is 2.85 bits per heavy atom. The van der Waals surface area contributed by atoms with Gasteiger partial charge in [-0.1, -0.05) is 42.0 Å². The molecule has 0 unspecified atom stereocenters. The van der Waals surface area contributed by atoms with Gasteiger partial charge in [0.1, 0.15) is 0 Å². The molecule has 0 saturated carbocycles. The molecule has 110 valence electrons. The van der Waals surface area contributed by atoms with Gasteiger partial charge in [0.2, 0.25) is 0 Å². The first-order chi connectivity index (χ1) is 9.88. The van der Waals surface area contributed by atoms with E-state index >= 15 is 0 Å². The number of allylic oxidation sites excluding steroid dienone is 5. The molecule has 0 fully saturated rings. The van der Waals surface area contributed by atoms with Crippen LogP contribution in [0.3, 0.4) is 0 Å². The third kappa shape index (κ3) is 5.45. The second kappa shape index (κ2) is 8.90. The maximum absolute atomic E-state index is 8.77. The van der Waals surface area contributed by atoms with Crippen LogP contribution in [0.2, 0.25) is 0 Å². The van der Waals surface area contributed by atoms with Crippen LogP contribution in [0.25, 0.3) is 0 Å². The van der Waals surface area contributed by atoms with Gasteiger partial charge in [-0.15, -0.1) is 0 Å². The fraction of sp³-hybridized carbons (Fsp3) is 0.529. The lowest BCUT2D eigenvalue weighted by Crippen LogP contribution is -2.35.